The molecule has 1 unspecified atom stereocenters. The van der Waals surface area contributed by atoms with Gasteiger partial charge in [0.1, 0.15) is 5.75 Å². The maximum absolute atomic E-state index is 10.1. The Morgan fingerprint density at radius 2 is 1.50 bits per heavy atom. The molecule has 2 nitrogen and oxygen atoms in total. The molecule has 0 aliphatic heterocycles. The van der Waals surface area contributed by atoms with Gasteiger partial charge in [0.15, 0.2) is 0 Å². The summed E-state index contributed by atoms with van der Waals surface area (Å²) in [6.45, 7) is 8.32. The number of rotatable bonds is 3. The predicted octanol–water partition coefficient (Wildman–Crippen LogP) is 4.51. The van der Waals surface area contributed by atoms with E-state index in [1.807, 2.05) is 25.1 Å². The lowest BCUT2D eigenvalue weighted by Crippen LogP contribution is -2.21. The second-order valence-electron chi connectivity index (χ2n) is 5.70. The molecule has 106 valence electrons. The maximum Gasteiger partial charge on any atom is 0.121 e. The minimum Gasteiger partial charge on any atom is -0.508 e. The molecule has 1 N–H and O–H groups in total. The van der Waals surface area contributed by atoms with E-state index in [0.29, 0.717) is 5.75 Å². The van der Waals surface area contributed by atoms with Crippen LogP contribution >= 0.6 is 0 Å². The van der Waals surface area contributed by atoms with Crippen LogP contribution in [-0.4, -0.2) is 12.2 Å². The van der Waals surface area contributed by atoms with Gasteiger partial charge >= 0.3 is 0 Å². The molecule has 0 saturated heterocycles. The highest BCUT2D eigenvalue weighted by atomic mass is 16.3. The van der Waals surface area contributed by atoms with Crippen LogP contribution in [0.15, 0.2) is 36.4 Å². The zero-order valence-corrected chi connectivity index (χ0v) is 12.9. The standard InChI is InChI=1S/C18H23NO/c1-12-6-7-17(18(20)11-12)15(4)19(5)16-9-13(2)8-14(3)10-16/h6-11,15,20H,1-5H3. The van der Waals surface area contributed by atoms with Gasteiger partial charge in [0.25, 0.3) is 0 Å². The summed E-state index contributed by atoms with van der Waals surface area (Å²) < 4.78 is 0. The van der Waals surface area contributed by atoms with Crippen molar-refractivity contribution in [3.8, 4) is 5.75 Å². The van der Waals surface area contributed by atoms with Crippen LogP contribution in [0.2, 0.25) is 0 Å². The summed E-state index contributed by atoms with van der Waals surface area (Å²) in [4.78, 5) is 2.20. The third kappa shape index (κ3) is 2.96. The average molecular weight is 269 g/mol. The van der Waals surface area contributed by atoms with Crippen LogP contribution in [0.1, 0.15) is 35.2 Å². The summed E-state index contributed by atoms with van der Waals surface area (Å²) in [5.74, 6) is 0.369. The fourth-order valence-corrected chi connectivity index (χ4v) is 2.59. The molecular weight excluding hydrogens is 246 g/mol. The van der Waals surface area contributed by atoms with Crippen LogP contribution in [0.25, 0.3) is 0 Å². The van der Waals surface area contributed by atoms with Crippen molar-refractivity contribution in [1.29, 1.82) is 0 Å². The Labute approximate surface area is 121 Å². The van der Waals surface area contributed by atoms with Crippen molar-refractivity contribution < 1.29 is 5.11 Å². The van der Waals surface area contributed by atoms with E-state index in [1.54, 1.807) is 0 Å². The van der Waals surface area contributed by atoms with Gasteiger partial charge in [-0.1, -0.05) is 18.2 Å². The lowest BCUT2D eigenvalue weighted by molar-refractivity contribution is 0.462. The van der Waals surface area contributed by atoms with Gasteiger partial charge in [-0.3, -0.25) is 0 Å². The van der Waals surface area contributed by atoms with Crippen molar-refractivity contribution in [3.63, 3.8) is 0 Å². The number of phenols is 1. The van der Waals surface area contributed by atoms with Crippen molar-refractivity contribution in [1.82, 2.24) is 0 Å². The SMILES string of the molecule is Cc1cc(C)cc(N(C)C(C)c2ccc(C)cc2O)c1. The Morgan fingerprint density at radius 3 is 2.05 bits per heavy atom. The first-order valence-corrected chi connectivity index (χ1v) is 6.99. The molecule has 2 rings (SSSR count). The summed E-state index contributed by atoms with van der Waals surface area (Å²) >= 11 is 0. The highest BCUT2D eigenvalue weighted by Crippen LogP contribution is 2.32. The first-order valence-electron chi connectivity index (χ1n) is 6.99. The van der Waals surface area contributed by atoms with E-state index in [4.69, 9.17) is 0 Å². The molecule has 0 saturated carbocycles. The Morgan fingerprint density at radius 1 is 0.900 bits per heavy atom. The summed E-state index contributed by atoms with van der Waals surface area (Å²) in [6.07, 6.45) is 0. The molecule has 2 aromatic carbocycles. The lowest BCUT2D eigenvalue weighted by Gasteiger charge is -2.28. The fourth-order valence-electron chi connectivity index (χ4n) is 2.59. The van der Waals surface area contributed by atoms with Crippen molar-refractivity contribution in [3.05, 3.63) is 58.7 Å². The van der Waals surface area contributed by atoms with Gasteiger partial charge in [-0.05, 0) is 62.6 Å². The van der Waals surface area contributed by atoms with Crippen molar-refractivity contribution >= 4 is 5.69 Å². The third-order valence-electron chi connectivity index (χ3n) is 3.83. The van der Waals surface area contributed by atoms with Crippen LogP contribution in [0, 0.1) is 20.8 Å². The van der Waals surface area contributed by atoms with Gasteiger partial charge in [-0.2, -0.15) is 0 Å². The van der Waals surface area contributed by atoms with Crippen LogP contribution in [-0.2, 0) is 0 Å². The normalized spacial score (nSPS) is 12.2. The molecular formula is C18H23NO. The lowest BCUT2D eigenvalue weighted by atomic mass is 10.0. The van der Waals surface area contributed by atoms with Gasteiger partial charge in [0.2, 0.25) is 0 Å². The minimum atomic E-state index is 0.122. The quantitative estimate of drug-likeness (QED) is 0.886. The Kier molecular flexibility index (Phi) is 4.03. The summed E-state index contributed by atoms with van der Waals surface area (Å²) in [5.41, 5.74) is 5.72. The third-order valence-corrected chi connectivity index (χ3v) is 3.83. The van der Waals surface area contributed by atoms with E-state index in [0.717, 1.165) is 11.1 Å². The molecule has 0 aliphatic rings. The molecule has 0 aromatic heterocycles. The van der Waals surface area contributed by atoms with E-state index in [-0.39, 0.29) is 6.04 Å². The molecule has 0 bridgehead atoms. The zero-order valence-electron chi connectivity index (χ0n) is 12.9. The van der Waals surface area contributed by atoms with Gasteiger partial charge in [0.05, 0.1) is 6.04 Å². The second-order valence-corrected chi connectivity index (χ2v) is 5.70. The van der Waals surface area contributed by atoms with Crippen molar-refractivity contribution in [2.24, 2.45) is 0 Å². The Bertz CT molecular complexity index is 599. The molecule has 0 radical (unpaired) electrons. The van der Waals surface area contributed by atoms with Gasteiger partial charge in [0, 0.05) is 18.3 Å². The maximum atomic E-state index is 10.1. The van der Waals surface area contributed by atoms with Gasteiger partial charge in [-0.25, -0.2) is 0 Å². The smallest absolute Gasteiger partial charge is 0.121 e. The van der Waals surface area contributed by atoms with Crippen LogP contribution in [0.4, 0.5) is 5.69 Å². The van der Waals surface area contributed by atoms with Crippen LogP contribution in [0.5, 0.6) is 5.75 Å². The Balaban J connectivity index is 2.34. The molecule has 1 atom stereocenters. The van der Waals surface area contributed by atoms with E-state index < -0.39 is 0 Å². The predicted molar refractivity (Wildman–Crippen MR) is 85.6 cm³/mol. The highest BCUT2D eigenvalue weighted by molar-refractivity contribution is 5.53. The summed E-state index contributed by atoms with van der Waals surface area (Å²) in [6, 6.07) is 12.5. The first-order chi connectivity index (χ1) is 9.38. The summed E-state index contributed by atoms with van der Waals surface area (Å²) in [5, 5.41) is 10.1. The highest BCUT2D eigenvalue weighted by Gasteiger charge is 2.16. The molecule has 0 spiro atoms. The molecule has 0 amide bonds. The number of hydrogen-bond acceptors (Lipinski definition) is 2. The van der Waals surface area contributed by atoms with E-state index >= 15 is 0 Å². The Hall–Kier alpha value is -1.96. The number of anilines is 1. The number of hydrogen-bond donors (Lipinski definition) is 1. The van der Waals surface area contributed by atoms with Crippen molar-refractivity contribution in [2.45, 2.75) is 33.7 Å². The van der Waals surface area contributed by atoms with E-state index in [2.05, 4.69) is 50.9 Å². The number of aryl methyl sites for hydroxylation is 3. The molecule has 2 heteroatoms. The number of benzene rings is 2. The fraction of sp³-hybridized carbons (Fsp3) is 0.333. The molecule has 2 aromatic rings. The topological polar surface area (TPSA) is 23.5 Å². The second kappa shape index (κ2) is 5.58. The minimum absolute atomic E-state index is 0.122. The average Bonchev–Trinajstić information content (AvgIpc) is 2.36. The zero-order chi connectivity index (χ0) is 14.9. The van der Waals surface area contributed by atoms with Crippen LogP contribution < -0.4 is 4.90 Å². The van der Waals surface area contributed by atoms with Gasteiger partial charge in [-0.15, -0.1) is 0 Å². The molecule has 0 fully saturated rings. The number of phenolic OH excluding ortho intramolecular Hbond substituents is 1. The number of aromatic hydroxyl groups is 1. The first kappa shape index (κ1) is 14.4. The monoisotopic (exact) mass is 269 g/mol. The summed E-state index contributed by atoms with van der Waals surface area (Å²) in [7, 11) is 2.07. The molecule has 20 heavy (non-hydrogen) atoms. The van der Waals surface area contributed by atoms with E-state index in [9.17, 15) is 5.11 Å². The van der Waals surface area contributed by atoms with E-state index in [1.165, 1.54) is 16.8 Å². The largest absolute Gasteiger partial charge is 0.508 e. The number of nitrogens with zero attached hydrogens (tertiary/aromatic N) is 1. The van der Waals surface area contributed by atoms with Gasteiger partial charge < -0.3 is 10.0 Å². The molecule has 0 heterocycles. The molecule has 0 aliphatic carbocycles. The van der Waals surface area contributed by atoms with Crippen molar-refractivity contribution in [2.75, 3.05) is 11.9 Å². The van der Waals surface area contributed by atoms with Crippen LogP contribution in [0.3, 0.4) is 0 Å².